The minimum Gasteiger partial charge on any atom is -0.490 e. The number of nitrogens with zero attached hydrogens (tertiary/aromatic N) is 2. The number of rotatable bonds is 8. The molecule has 0 amide bonds. The van der Waals surface area contributed by atoms with E-state index in [2.05, 4.69) is 4.98 Å². The molecule has 0 aliphatic rings. The van der Waals surface area contributed by atoms with Crippen molar-refractivity contribution < 1.29 is 19.4 Å². The van der Waals surface area contributed by atoms with Crippen LogP contribution in [0.3, 0.4) is 0 Å². The molecule has 1 N–H and O–H groups in total. The molecule has 0 saturated heterocycles. The molecular formula is C21H22N2O4. The van der Waals surface area contributed by atoms with Gasteiger partial charge in [-0.15, -0.1) is 0 Å². The first-order valence-electron chi connectivity index (χ1n) is 8.93. The van der Waals surface area contributed by atoms with Crippen LogP contribution >= 0.6 is 0 Å². The number of carboxylic acid groups (broad SMARTS) is 1. The molecule has 0 atom stereocenters. The van der Waals surface area contributed by atoms with E-state index in [1.54, 1.807) is 10.5 Å². The molecule has 6 nitrogen and oxygen atoms in total. The molecular weight excluding hydrogens is 344 g/mol. The van der Waals surface area contributed by atoms with Crippen LogP contribution in [0.5, 0.6) is 5.75 Å². The number of ether oxygens (including phenoxy) is 1. The van der Waals surface area contributed by atoms with Crippen molar-refractivity contribution in [3.8, 4) is 5.75 Å². The second kappa shape index (κ2) is 8.03. The van der Waals surface area contributed by atoms with E-state index in [1.165, 1.54) is 0 Å². The van der Waals surface area contributed by atoms with E-state index in [1.807, 2.05) is 50.4 Å². The molecule has 0 fully saturated rings. The summed E-state index contributed by atoms with van der Waals surface area (Å²) in [5.74, 6) is -0.213. The Balaban J connectivity index is 1.80. The molecule has 1 aromatic carbocycles. The monoisotopic (exact) mass is 366 g/mol. The van der Waals surface area contributed by atoms with E-state index < -0.39 is 5.97 Å². The Morgan fingerprint density at radius 2 is 1.96 bits per heavy atom. The topological polar surface area (TPSA) is 80.9 Å². The predicted octanol–water partition coefficient (Wildman–Crippen LogP) is 3.48. The Morgan fingerprint density at radius 1 is 1.19 bits per heavy atom. The highest BCUT2D eigenvalue weighted by Gasteiger charge is 2.18. The van der Waals surface area contributed by atoms with E-state index in [-0.39, 0.29) is 12.2 Å². The summed E-state index contributed by atoms with van der Waals surface area (Å²) in [6.45, 7) is 4.26. The molecule has 6 heteroatoms. The maximum atomic E-state index is 12.9. The van der Waals surface area contributed by atoms with Crippen molar-refractivity contribution in [3.63, 3.8) is 0 Å². The molecule has 3 aromatic rings. The quantitative estimate of drug-likeness (QED) is 0.617. The lowest BCUT2D eigenvalue weighted by atomic mass is 10.0. The molecule has 0 aliphatic carbocycles. The number of hydrogen-bond acceptors (Lipinski definition) is 4. The average Bonchev–Trinajstić information content (AvgIpc) is 2.97. The fraction of sp³-hybridized carbons (Fsp3) is 0.286. The first kappa shape index (κ1) is 18.6. The fourth-order valence-electron chi connectivity index (χ4n) is 3.21. The van der Waals surface area contributed by atoms with Crippen molar-refractivity contribution >= 4 is 17.4 Å². The zero-order chi connectivity index (χ0) is 19.4. The van der Waals surface area contributed by atoms with Gasteiger partial charge in [-0.3, -0.25) is 14.0 Å². The van der Waals surface area contributed by atoms with Crippen LogP contribution in [0.25, 0.3) is 5.65 Å². The summed E-state index contributed by atoms with van der Waals surface area (Å²) < 4.78 is 7.38. The van der Waals surface area contributed by atoms with E-state index in [9.17, 15) is 9.59 Å². The van der Waals surface area contributed by atoms with Gasteiger partial charge in [0.05, 0.1) is 18.7 Å². The summed E-state index contributed by atoms with van der Waals surface area (Å²) in [6.07, 6.45) is 2.67. The lowest BCUT2D eigenvalue weighted by Gasteiger charge is -2.07. The molecule has 140 valence electrons. The second-order valence-corrected chi connectivity index (χ2v) is 6.36. The van der Waals surface area contributed by atoms with Gasteiger partial charge < -0.3 is 9.84 Å². The zero-order valence-electron chi connectivity index (χ0n) is 15.4. The normalized spacial score (nSPS) is 10.9. The lowest BCUT2D eigenvalue weighted by molar-refractivity contribution is -0.136. The smallest absolute Gasteiger partial charge is 0.307 e. The van der Waals surface area contributed by atoms with Gasteiger partial charge in [0.15, 0.2) is 17.2 Å². The molecule has 2 heterocycles. The third-order valence-electron chi connectivity index (χ3n) is 4.34. The summed E-state index contributed by atoms with van der Waals surface area (Å²) >= 11 is 0. The third-order valence-corrected chi connectivity index (χ3v) is 4.34. The summed E-state index contributed by atoms with van der Waals surface area (Å²) in [5, 5.41) is 8.92. The molecule has 0 bridgehead atoms. The van der Waals surface area contributed by atoms with E-state index in [0.717, 1.165) is 11.1 Å². The zero-order valence-corrected chi connectivity index (χ0v) is 15.4. The Morgan fingerprint density at radius 3 is 2.70 bits per heavy atom. The predicted molar refractivity (Wildman–Crippen MR) is 102 cm³/mol. The van der Waals surface area contributed by atoms with Gasteiger partial charge in [0.1, 0.15) is 5.69 Å². The van der Waals surface area contributed by atoms with Crippen molar-refractivity contribution in [1.29, 1.82) is 0 Å². The van der Waals surface area contributed by atoms with Crippen LogP contribution in [0.2, 0.25) is 0 Å². The van der Waals surface area contributed by atoms with Crippen molar-refractivity contribution in [3.05, 3.63) is 65.1 Å². The maximum absolute atomic E-state index is 12.9. The Kier molecular flexibility index (Phi) is 5.54. The van der Waals surface area contributed by atoms with Crippen LogP contribution < -0.4 is 4.74 Å². The van der Waals surface area contributed by atoms with Crippen molar-refractivity contribution in [2.45, 2.75) is 33.1 Å². The SMILES string of the molecule is CCOc1cccn2c(C(=O)CCc3cccc(CC(=O)O)c3)c(C)nc12. The number of carbonyl (C=O) groups is 2. The highest BCUT2D eigenvalue weighted by molar-refractivity contribution is 5.96. The fourth-order valence-corrected chi connectivity index (χ4v) is 3.21. The highest BCUT2D eigenvalue weighted by Crippen LogP contribution is 2.23. The molecule has 0 radical (unpaired) electrons. The number of carbonyl (C=O) groups excluding carboxylic acids is 1. The van der Waals surface area contributed by atoms with Crippen molar-refractivity contribution in [2.75, 3.05) is 6.61 Å². The van der Waals surface area contributed by atoms with Gasteiger partial charge in [-0.25, -0.2) is 4.98 Å². The first-order valence-corrected chi connectivity index (χ1v) is 8.93. The Labute approximate surface area is 157 Å². The summed E-state index contributed by atoms with van der Waals surface area (Å²) in [7, 11) is 0. The number of aryl methyl sites for hydroxylation is 2. The number of aromatic nitrogens is 2. The number of ketones is 1. The molecule has 2 aromatic heterocycles. The molecule has 0 saturated carbocycles. The van der Waals surface area contributed by atoms with Gasteiger partial charge in [0.2, 0.25) is 0 Å². The summed E-state index contributed by atoms with van der Waals surface area (Å²) in [6, 6.07) is 11.0. The van der Waals surface area contributed by atoms with Gasteiger partial charge in [-0.1, -0.05) is 24.3 Å². The van der Waals surface area contributed by atoms with Crippen LogP contribution in [0.4, 0.5) is 0 Å². The summed E-state index contributed by atoms with van der Waals surface area (Å²) in [4.78, 5) is 28.2. The maximum Gasteiger partial charge on any atom is 0.307 e. The standard InChI is InChI=1S/C21H22N2O4/c1-3-27-18-8-5-11-23-20(14(2)22-21(18)23)17(24)10-9-15-6-4-7-16(12-15)13-19(25)26/h4-8,11-12H,3,9-10,13H2,1-2H3,(H,25,26). The number of hydrogen-bond donors (Lipinski definition) is 1. The van der Waals surface area contributed by atoms with Crippen LogP contribution in [-0.4, -0.2) is 32.9 Å². The lowest BCUT2D eigenvalue weighted by Crippen LogP contribution is -2.07. The van der Waals surface area contributed by atoms with Gasteiger partial charge in [-0.05, 0) is 43.5 Å². The van der Waals surface area contributed by atoms with Crippen LogP contribution in [0.1, 0.15) is 40.7 Å². The highest BCUT2D eigenvalue weighted by atomic mass is 16.5. The van der Waals surface area contributed by atoms with Crippen LogP contribution in [0, 0.1) is 6.92 Å². The Bertz CT molecular complexity index is 991. The first-order chi connectivity index (χ1) is 13.0. The second-order valence-electron chi connectivity index (χ2n) is 6.36. The van der Waals surface area contributed by atoms with Crippen molar-refractivity contribution in [2.24, 2.45) is 0 Å². The van der Waals surface area contributed by atoms with Crippen LogP contribution in [-0.2, 0) is 17.6 Å². The minimum atomic E-state index is -0.866. The third kappa shape index (κ3) is 4.16. The van der Waals surface area contributed by atoms with Gasteiger partial charge in [0, 0.05) is 12.6 Å². The number of Topliss-reactive ketones (excluding diaryl/α,β-unsaturated/α-hetero) is 1. The number of benzene rings is 1. The molecule has 0 spiro atoms. The van der Waals surface area contributed by atoms with Gasteiger partial charge in [0.25, 0.3) is 0 Å². The largest absolute Gasteiger partial charge is 0.490 e. The number of aliphatic carboxylic acids is 1. The van der Waals surface area contributed by atoms with E-state index in [4.69, 9.17) is 9.84 Å². The van der Waals surface area contributed by atoms with Crippen LogP contribution in [0.15, 0.2) is 42.6 Å². The molecule has 3 rings (SSSR count). The minimum absolute atomic E-state index is 0.00251. The number of carboxylic acids is 1. The molecule has 27 heavy (non-hydrogen) atoms. The van der Waals surface area contributed by atoms with Crippen molar-refractivity contribution in [1.82, 2.24) is 9.38 Å². The Hall–Kier alpha value is -3.15. The number of pyridine rings is 1. The van der Waals surface area contributed by atoms with Gasteiger partial charge in [-0.2, -0.15) is 0 Å². The van der Waals surface area contributed by atoms with E-state index in [0.29, 0.717) is 42.2 Å². The van der Waals surface area contributed by atoms with E-state index >= 15 is 0 Å². The molecule has 0 aliphatic heterocycles. The van der Waals surface area contributed by atoms with Gasteiger partial charge >= 0.3 is 5.97 Å². The summed E-state index contributed by atoms with van der Waals surface area (Å²) in [5.41, 5.74) is 3.56. The number of imidazole rings is 1. The average molecular weight is 366 g/mol. The molecule has 0 unspecified atom stereocenters. The number of fused-ring (bicyclic) bond motifs is 1.